The largest absolute Gasteiger partial charge is 0.411 e. The highest BCUT2D eigenvalue weighted by molar-refractivity contribution is 5.76. The minimum atomic E-state index is -4.28. The van der Waals surface area contributed by atoms with E-state index in [1.54, 1.807) is 0 Å². The van der Waals surface area contributed by atoms with E-state index in [1.807, 2.05) is 18.7 Å². The quantitative estimate of drug-likeness (QED) is 0.381. The summed E-state index contributed by atoms with van der Waals surface area (Å²) in [7, 11) is 0. The predicted octanol–water partition coefficient (Wildman–Crippen LogP) is 1.85. The van der Waals surface area contributed by atoms with E-state index in [0.717, 1.165) is 6.54 Å². The molecule has 7 heteroatoms. The lowest BCUT2D eigenvalue weighted by Crippen LogP contribution is -2.34. The monoisotopic (exact) mass is 269 g/mol. The summed E-state index contributed by atoms with van der Waals surface area (Å²) in [6.45, 7) is 4.61. The summed E-state index contributed by atoms with van der Waals surface area (Å²) in [6.07, 6.45) is -3.85. The molecule has 0 amide bonds. The molecule has 4 nitrogen and oxygen atoms in total. The second-order valence-corrected chi connectivity index (χ2v) is 4.64. The third kappa shape index (κ3) is 11.7. The summed E-state index contributed by atoms with van der Waals surface area (Å²) in [4.78, 5) is 1.96. The van der Waals surface area contributed by atoms with Crippen molar-refractivity contribution >= 4 is 5.84 Å². The van der Waals surface area contributed by atoms with Crippen LogP contribution in [0.5, 0.6) is 0 Å². The Morgan fingerprint density at radius 2 is 1.94 bits per heavy atom. The van der Waals surface area contributed by atoms with Crippen molar-refractivity contribution in [2.45, 2.75) is 26.4 Å². The molecule has 0 aromatic rings. The van der Waals surface area contributed by atoms with Gasteiger partial charge < -0.3 is 15.4 Å². The number of rotatable bonds is 9. The zero-order chi connectivity index (χ0) is 14.2. The molecule has 0 aliphatic rings. The Kier molecular flexibility index (Phi) is 7.93. The number of hydrogen-bond donors (Lipinski definition) is 2. The van der Waals surface area contributed by atoms with E-state index in [9.17, 15) is 13.2 Å². The van der Waals surface area contributed by atoms with Gasteiger partial charge in [0.05, 0.1) is 12.4 Å². The Bertz CT molecular complexity index is 244. The van der Waals surface area contributed by atoms with Crippen LogP contribution in [-0.2, 0) is 4.74 Å². The molecule has 0 aliphatic carbocycles. The first kappa shape index (κ1) is 17.2. The molecule has 108 valence electrons. The molecule has 0 unspecified atom stereocenters. The molecule has 0 radical (unpaired) electrons. The van der Waals surface area contributed by atoms with Crippen LogP contribution in [0.4, 0.5) is 13.2 Å². The molecular formula is C11H22F3N3O. The van der Waals surface area contributed by atoms with Gasteiger partial charge in [-0.25, -0.2) is 0 Å². The van der Waals surface area contributed by atoms with Crippen molar-refractivity contribution in [2.24, 2.45) is 11.7 Å². The van der Waals surface area contributed by atoms with Crippen LogP contribution >= 0.6 is 0 Å². The van der Waals surface area contributed by atoms with Crippen molar-refractivity contribution < 1.29 is 17.9 Å². The number of amidine groups is 1. The molecule has 0 aromatic heterocycles. The average molecular weight is 269 g/mol. The second kappa shape index (κ2) is 8.31. The highest BCUT2D eigenvalue weighted by Gasteiger charge is 2.27. The lowest BCUT2D eigenvalue weighted by atomic mass is 10.2. The maximum absolute atomic E-state index is 11.9. The molecule has 18 heavy (non-hydrogen) atoms. The van der Waals surface area contributed by atoms with Crippen molar-refractivity contribution in [3.63, 3.8) is 0 Å². The summed E-state index contributed by atoms with van der Waals surface area (Å²) in [5.74, 6) is 0.486. The minimum absolute atomic E-state index is 0.0319. The third-order valence-corrected chi connectivity index (χ3v) is 2.14. The first-order chi connectivity index (χ1) is 8.20. The van der Waals surface area contributed by atoms with Crippen LogP contribution in [0.1, 0.15) is 20.3 Å². The van der Waals surface area contributed by atoms with Gasteiger partial charge in [0.25, 0.3) is 0 Å². The Hall–Kier alpha value is -0.820. The van der Waals surface area contributed by atoms with E-state index < -0.39 is 12.8 Å². The molecule has 0 rings (SSSR count). The Morgan fingerprint density at radius 3 is 2.39 bits per heavy atom. The molecule has 0 spiro atoms. The van der Waals surface area contributed by atoms with Gasteiger partial charge in [0.1, 0.15) is 6.61 Å². The SMILES string of the molecule is CC(C)CN(CCOCC(F)(F)F)CCC(=N)N. The molecule has 0 fully saturated rings. The van der Waals surface area contributed by atoms with E-state index in [-0.39, 0.29) is 12.4 Å². The van der Waals surface area contributed by atoms with E-state index in [2.05, 4.69) is 4.74 Å². The van der Waals surface area contributed by atoms with Crippen LogP contribution in [0.25, 0.3) is 0 Å². The van der Waals surface area contributed by atoms with Gasteiger partial charge in [0, 0.05) is 26.1 Å². The number of nitrogens with one attached hydrogen (secondary N) is 1. The zero-order valence-corrected chi connectivity index (χ0v) is 10.9. The standard InChI is InChI=1S/C11H22F3N3O/c1-9(2)7-17(4-3-10(15)16)5-6-18-8-11(12,13)14/h9H,3-8H2,1-2H3,(H3,15,16). The van der Waals surface area contributed by atoms with Crippen LogP contribution in [0, 0.1) is 11.3 Å². The summed E-state index contributed by atoms with van der Waals surface area (Å²) in [5.41, 5.74) is 5.26. The van der Waals surface area contributed by atoms with E-state index in [4.69, 9.17) is 11.1 Å². The summed E-state index contributed by atoms with van der Waals surface area (Å²) in [6, 6.07) is 0. The normalized spacial score (nSPS) is 12.4. The molecule has 0 aliphatic heterocycles. The fourth-order valence-corrected chi connectivity index (χ4v) is 1.47. The van der Waals surface area contributed by atoms with Crippen LogP contribution in [0.3, 0.4) is 0 Å². The number of nitrogens with two attached hydrogens (primary N) is 1. The second-order valence-electron chi connectivity index (χ2n) is 4.64. The Morgan fingerprint density at radius 1 is 1.33 bits per heavy atom. The predicted molar refractivity (Wildman–Crippen MR) is 64.7 cm³/mol. The van der Waals surface area contributed by atoms with Crippen molar-refractivity contribution in [3.8, 4) is 0 Å². The van der Waals surface area contributed by atoms with Gasteiger partial charge in [-0.3, -0.25) is 5.41 Å². The Labute approximate surface area is 106 Å². The first-order valence-electron chi connectivity index (χ1n) is 5.90. The van der Waals surface area contributed by atoms with Crippen LogP contribution in [0.2, 0.25) is 0 Å². The smallest absolute Gasteiger partial charge is 0.388 e. The number of halogens is 3. The van der Waals surface area contributed by atoms with Crippen LogP contribution in [0.15, 0.2) is 0 Å². The van der Waals surface area contributed by atoms with Crippen molar-refractivity contribution in [3.05, 3.63) is 0 Å². The van der Waals surface area contributed by atoms with Gasteiger partial charge in [-0.15, -0.1) is 0 Å². The molecule has 0 aromatic carbocycles. The van der Waals surface area contributed by atoms with Gasteiger partial charge in [0.2, 0.25) is 0 Å². The molecule has 0 atom stereocenters. The third-order valence-electron chi connectivity index (χ3n) is 2.14. The zero-order valence-electron chi connectivity index (χ0n) is 10.9. The molecule has 0 saturated heterocycles. The summed E-state index contributed by atoms with van der Waals surface area (Å²) >= 11 is 0. The fourth-order valence-electron chi connectivity index (χ4n) is 1.47. The number of hydrogen-bond acceptors (Lipinski definition) is 3. The van der Waals surface area contributed by atoms with E-state index in [1.165, 1.54) is 0 Å². The fraction of sp³-hybridized carbons (Fsp3) is 0.909. The minimum Gasteiger partial charge on any atom is -0.388 e. The van der Waals surface area contributed by atoms with Gasteiger partial charge in [-0.2, -0.15) is 13.2 Å². The maximum atomic E-state index is 11.9. The van der Waals surface area contributed by atoms with Crippen molar-refractivity contribution in [1.29, 1.82) is 5.41 Å². The van der Waals surface area contributed by atoms with Crippen LogP contribution < -0.4 is 5.73 Å². The topological polar surface area (TPSA) is 62.3 Å². The summed E-state index contributed by atoms with van der Waals surface area (Å²) < 4.78 is 40.1. The average Bonchev–Trinajstić information content (AvgIpc) is 2.18. The number of nitrogens with zero attached hydrogens (tertiary/aromatic N) is 1. The molecule has 0 bridgehead atoms. The van der Waals surface area contributed by atoms with Gasteiger partial charge >= 0.3 is 6.18 Å². The van der Waals surface area contributed by atoms with Crippen molar-refractivity contribution in [2.75, 3.05) is 32.8 Å². The molecule has 0 saturated carbocycles. The molecule has 3 N–H and O–H groups in total. The van der Waals surface area contributed by atoms with E-state index in [0.29, 0.717) is 25.4 Å². The van der Waals surface area contributed by atoms with Crippen molar-refractivity contribution in [1.82, 2.24) is 4.90 Å². The first-order valence-corrected chi connectivity index (χ1v) is 5.90. The highest BCUT2D eigenvalue weighted by Crippen LogP contribution is 2.14. The highest BCUT2D eigenvalue weighted by atomic mass is 19.4. The van der Waals surface area contributed by atoms with Gasteiger partial charge in [-0.05, 0) is 5.92 Å². The molecule has 0 heterocycles. The molecular weight excluding hydrogens is 247 g/mol. The van der Waals surface area contributed by atoms with E-state index >= 15 is 0 Å². The van der Waals surface area contributed by atoms with Gasteiger partial charge in [-0.1, -0.05) is 13.8 Å². The van der Waals surface area contributed by atoms with Crippen LogP contribution in [-0.4, -0.2) is 49.8 Å². The Balaban J connectivity index is 3.89. The summed E-state index contributed by atoms with van der Waals surface area (Å²) in [5, 5.41) is 7.14. The number of alkyl halides is 3. The van der Waals surface area contributed by atoms with Gasteiger partial charge in [0.15, 0.2) is 0 Å². The number of ether oxygens (including phenoxy) is 1. The lowest BCUT2D eigenvalue weighted by Gasteiger charge is -2.24. The lowest BCUT2D eigenvalue weighted by molar-refractivity contribution is -0.174. The maximum Gasteiger partial charge on any atom is 0.411 e.